The maximum atomic E-state index is 12.7. The van der Waals surface area contributed by atoms with Crippen LogP contribution in [-0.4, -0.2) is 42.5 Å². The minimum atomic E-state index is -0.0176. The van der Waals surface area contributed by atoms with E-state index in [2.05, 4.69) is 5.32 Å². The number of benzene rings is 1. The Balaban J connectivity index is 1.52. The Morgan fingerprint density at radius 2 is 2.00 bits per heavy atom. The van der Waals surface area contributed by atoms with Crippen molar-refractivity contribution in [2.75, 3.05) is 19.7 Å². The van der Waals surface area contributed by atoms with Crippen molar-refractivity contribution in [3.8, 4) is 0 Å². The minimum Gasteiger partial charge on any atom is -0.374 e. The van der Waals surface area contributed by atoms with Crippen LogP contribution in [0.4, 0.5) is 0 Å². The smallest absolute Gasteiger partial charge is 0.223 e. The van der Waals surface area contributed by atoms with Crippen LogP contribution >= 0.6 is 0 Å². The Morgan fingerprint density at radius 3 is 2.71 bits per heavy atom. The zero-order valence-corrected chi connectivity index (χ0v) is 14.2. The summed E-state index contributed by atoms with van der Waals surface area (Å²) in [7, 11) is 0. The molecule has 2 aliphatic rings. The normalized spacial score (nSPS) is 23.8. The summed E-state index contributed by atoms with van der Waals surface area (Å²) in [5.41, 5.74) is 1.11. The first kappa shape index (κ1) is 17.0. The van der Waals surface area contributed by atoms with E-state index in [0.29, 0.717) is 32.5 Å². The van der Waals surface area contributed by atoms with Gasteiger partial charge in [-0.1, -0.05) is 30.3 Å². The highest BCUT2D eigenvalue weighted by Crippen LogP contribution is 2.29. The molecule has 130 valence electrons. The van der Waals surface area contributed by atoms with Crippen molar-refractivity contribution in [1.82, 2.24) is 10.2 Å². The van der Waals surface area contributed by atoms with Gasteiger partial charge in [-0.05, 0) is 31.7 Å². The van der Waals surface area contributed by atoms with Crippen molar-refractivity contribution in [2.45, 2.75) is 44.8 Å². The first-order chi connectivity index (χ1) is 11.6. The predicted molar refractivity (Wildman–Crippen MR) is 91.3 cm³/mol. The molecule has 1 heterocycles. The molecule has 0 unspecified atom stereocenters. The molecule has 2 fully saturated rings. The van der Waals surface area contributed by atoms with Crippen LogP contribution in [0.5, 0.6) is 0 Å². The zero-order valence-electron chi connectivity index (χ0n) is 14.2. The van der Waals surface area contributed by atoms with Crippen molar-refractivity contribution in [1.29, 1.82) is 0 Å². The van der Waals surface area contributed by atoms with Gasteiger partial charge < -0.3 is 15.0 Å². The van der Waals surface area contributed by atoms with Gasteiger partial charge in [0, 0.05) is 25.4 Å². The highest BCUT2D eigenvalue weighted by Gasteiger charge is 2.31. The molecule has 3 rings (SSSR count). The molecule has 0 radical (unpaired) electrons. The Morgan fingerprint density at radius 1 is 1.25 bits per heavy atom. The number of carbonyl (C=O) groups excluding carboxylic acids is 2. The lowest BCUT2D eigenvalue weighted by Gasteiger charge is -2.39. The SMILES string of the molecule is C[C@@H]1CN(C(=O)CCCNC(=O)C2CC2)[C@@H](c2ccccc2)CO1. The Bertz CT molecular complexity index is 571. The van der Waals surface area contributed by atoms with E-state index < -0.39 is 0 Å². The number of nitrogens with one attached hydrogen (secondary N) is 1. The second-order valence-corrected chi connectivity index (χ2v) is 6.79. The largest absolute Gasteiger partial charge is 0.374 e. The number of carbonyl (C=O) groups is 2. The molecule has 0 aromatic heterocycles. The van der Waals surface area contributed by atoms with Gasteiger partial charge in [0.2, 0.25) is 11.8 Å². The Labute approximate surface area is 143 Å². The van der Waals surface area contributed by atoms with E-state index in [-0.39, 0.29) is 29.9 Å². The lowest BCUT2D eigenvalue weighted by atomic mass is 10.0. The quantitative estimate of drug-likeness (QED) is 0.814. The highest BCUT2D eigenvalue weighted by molar-refractivity contribution is 5.81. The second kappa shape index (κ2) is 7.79. The summed E-state index contributed by atoms with van der Waals surface area (Å²) < 4.78 is 5.76. The van der Waals surface area contributed by atoms with Gasteiger partial charge in [-0.15, -0.1) is 0 Å². The molecular formula is C19H26N2O3. The van der Waals surface area contributed by atoms with Crippen LogP contribution in [0.2, 0.25) is 0 Å². The summed E-state index contributed by atoms with van der Waals surface area (Å²) >= 11 is 0. The van der Waals surface area contributed by atoms with Crippen LogP contribution < -0.4 is 5.32 Å². The number of hydrogen-bond donors (Lipinski definition) is 1. The van der Waals surface area contributed by atoms with E-state index in [0.717, 1.165) is 18.4 Å². The molecule has 1 aromatic carbocycles. The van der Waals surface area contributed by atoms with E-state index in [4.69, 9.17) is 4.74 Å². The number of morpholine rings is 1. The third kappa shape index (κ3) is 4.35. The molecule has 1 N–H and O–H groups in total. The van der Waals surface area contributed by atoms with E-state index in [1.807, 2.05) is 42.2 Å². The van der Waals surface area contributed by atoms with Gasteiger partial charge in [0.1, 0.15) is 0 Å². The Kier molecular flexibility index (Phi) is 5.51. The molecule has 1 aliphatic heterocycles. The summed E-state index contributed by atoms with van der Waals surface area (Å²) in [6.07, 6.45) is 3.22. The van der Waals surface area contributed by atoms with Crippen molar-refractivity contribution in [3.05, 3.63) is 35.9 Å². The maximum absolute atomic E-state index is 12.7. The second-order valence-electron chi connectivity index (χ2n) is 6.79. The summed E-state index contributed by atoms with van der Waals surface area (Å²) in [5.74, 6) is 0.507. The van der Waals surface area contributed by atoms with E-state index >= 15 is 0 Å². The molecule has 0 spiro atoms. The van der Waals surface area contributed by atoms with Crippen LogP contribution in [0.1, 0.15) is 44.2 Å². The average molecular weight is 330 g/mol. The molecule has 24 heavy (non-hydrogen) atoms. The minimum absolute atomic E-state index is 0.0176. The maximum Gasteiger partial charge on any atom is 0.223 e. The molecule has 1 aromatic rings. The summed E-state index contributed by atoms with van der Waals surface area (Å²) in [4.78, 5) is 26.2. The summed E-state index contributed by atoms with van der Waals surface area (Å²) in [5, 5.41) is 2.92. The molecule has 5 nitrogen and oxygen atoms in total. The van der Waals surface area contributed by atoms with Gasteiger partial charge in [0.05, 0.1) is 18.8 Å². The first-order valence-corrected chi connectivity index (χ1v) is 8.89. The fraction of sp³-hybridized carbons (Fsp3) is 0.579. The molecule has 0 bridgehead atoms. The number of amides is 2. The highest BCUT2D eigenvalue weighted by atomic mass is 16.5. The van der Waals surface area contributed by atoms with Gasteiger partial charge >= 0.3 is 0 Å². The fourth-order valence-corrected chi connectivity index (χ4v) is 3.11. The van der Waals surface area contributed by atoms with E-state index in [9.17, 15) is 9.59 Å². The topological polar surface area (TPSA) is 58.6 Å². The van der Waals surface area contributed by atoms with E-state index in [1.165, 1.54) is 0 Å². The van der Waals surface area contributed by atoms with Gasteiger partial charge in [-0.2, -0.15) is 0 Å². The third-order valence-corrected chi connectivity index (χ3v) is 4.69. The molecule has 2 amide bonds. The molecule has 1 aliphatic carbocycles. The van der Waals surface area contributed by atoms with Crippen LogP contribution in [0, 0.1) is 5.92 Å². The summed E-state index contributed by atoms with van der Waals surface area (Å²) in [6, 6.07) is 10.0. The van der Waals surface area contributed by atoms with E-state index in [1.54, 1.807) is 0 Å². The van der Waals surface area contributed by atoms with Gasteiger partial charge in [-0.25, -0.2) is 0 Å². The number of nitrogens with zero attached hydrogens (tertiary/aromatic N) is 1. The van der Waals surface area contributed by atoms with Crippen molar-refractivity contribution < 1.29 is 14.3 Å². The molecule has 5 heteroatoms. The van der Waals surface area contributed by atoms with Crippen LogP contribution in [-0.2, 0) is 14.3 Å². The molecule has 2 atom stereocenters. The van der Waals surface area contributed by atoms with Crippen molar-refractivity contribution in [3.63, 3.8) is 0 Å². The third-order valence-electron chi connectivity index (χ3n) is 4.69. The molecule has 1 saturated carbocycles. The van der Waals surface area contributed by atoms with Crippen molar-refractivity contribution in [2.24, 2.45) is 5.92 Å². The lowest BCUT2D eigenvalue weighted by molar-refractivity contribution is -0.144. The monoisotopic (exact) mass is 330 g/mol. The molecular weight excluding hydrogens is 304 g/mol. The first-order valence-electron chi connectivity index (χ1n) is 8.89. The lowest BCUT2D eigenvalue weighted by Crippen LogP contribution is -2.46. The zero-order chi connectivity index (χ0) is 16.9. The Hall–Kier alpha value is -1.88. The number of rotatable bonds is 6. The average Bonchev–Trinajstić information content (AvgIpc) is 3.44. The molecule has 1 saturated heterocycles. The van der Waals surface area contributed by atoms with Crippen LogP contribution in [0.3, 0.4) is 0 Å². The summed E-state index contributed by atoms with van der Waals surface area (Å²) in [6.45, 7) is 3.73. The van der Waals surface area contributed by atoms with Crippen LogP contribution in [0.15, 0.2) is 30.3 Å². The fourth-order valence-electron chi connectivity index (χ4n) is 3.11. The van der Waals surface area contributed by atoms with Gasteiger partial charge in [0.25, 0.3) is 0 Å². The standard InChI is InChI=1S/C19H26N2O3/c1-14-12-21(17(13-24-14)15-6-3-2-4-7-15)18(22)8-5-11-20-19(23)16-9-10-16/h2-4,6-7,14,16-17H,5,8-13H2,1H3,(H,20,23)/t14-,17-/m1/s1. The van der Waals surface area contributed by atoms with Gasteiger partial charge in [0.15, 0.2) is 0 Å². The number of hydrogen-bond acceptors (Lipinski definition) is 3. The van der Waals surface area contributed by atoms with Crippen LogP contribution in [0.25, 0.3) is 0 Å². The van der Waals surface area contributed by atoms with Crippen molar-refractivity contribution >= 4 is 11.8 Å². The number of ether oxygens (including phenoxy) is 1. The van der Waals surface area contributed by atoms with Gasteiger partial charge in [-0.3, -0.25) is 9.59 Å². The predicted octanol–water partition coefficient (Wildman–Crippen LogP) is 2.28.